The standard InChI is InChI=1S/C16H15N3O3S/c1-19(9-11-5-4-8-23-11)14(20)10-22-16(21)15-12-6-2-3-7-13(12)17-18-15/h2-8H,9-10H2,1H3,(H,17,18). The average molecular weight is 329 g/mol. The van der Waals surface area contributed by atoms with Crippen LogP contribution in [0.2, 0.25) is 0 Å². The summed E-state index contributed by atoms with van der Waals surface area (Å²) in [6, 6.07) is 11.1. The van der Waals surface area contributed by atoms with E-state index in [1.807, 2.05) is 35.7 Å². The third-order valence-electron chi connectivity index (χ3n) is 3.39. The van der Waals surface area contributed by atoms with Gasteiger partial charge in [-0.05, 0) is 17.5 Å². The Morgan fingerprint density at radius 1 is 1.26 bits per heavy atom. The molecule has 6 nitrogen and oxygen atoms in total. The summed E-state index contributed by atoms with van der Waals surface area (Å²) in [6.07, 6.45) is 0. The lowest BCUT2D eigenvalue weighted by Crippen LogP contribution is -2.30. The summed E-state index contributed by atoms with van der Waals surface area (Å²) in [5.74, 6) is -0.869. The van der Waals surface area contributed by atoms with Gasteiger partial charge in [-0.3, -0.25) is 9.89 Å². The number of H-pyrrole nitrogens is 1. The van der Waals surface area contributed by atoms with Crippen LogP contribution in [-0.2, 0) is 16.1 Å². The molecular formula is C16H15N3O3S. The first-order chi connectivity index (χ1) is 11.1. The first kappa shape index (κ1) is 15.2. The fourth-order valence-electron chi connectivity index (χ4n) is 2.15. The highest BCUT2D eigenvalue weighted by atomic mass is 32.1. The van der Waals surface area contributed by atoms with Crippen molar-refractivity contribution in [1.82, 2.24) is 15.1 Å². The number of amides is 1. The first-order valence-corrected chi connectivity index (χ1v) is 7.89. The highest BCUT2D eigenvalue weighted by Gasteiger charge is 2.18. The van der Waals surface area contributed by atoms with Crippen LogP contribution in [0.1, 0.15) is 15.4 Å². The largest absolute Gasteiger partial charge is 0.451 e. The zero-order valence-corrected chi connectivity index (χ0v) is 13.3. The molecule has 7 heteroatoms. The zero-order valence-electron chi connectivity index (χ0n) is 12.5. The summed E-state index contributed by atoms with van der Waals surface area (Å²) in [5, 5.41) is 9.35. The number of thiophene rings is 1. The van der Waals surface area contributed by atoms with Crippen LogP contribution in [0.4, 0.5) is 0 Å². The van der Waals surface area contributed by atoms with E-state index in [0.717, 1.165) is 10.4 Å². The van der Waals surface area contributed by atoms with Gasteiger partial charge in [0.05, 0.1) is 12.1 Å². The van der Waals surface area contributed by atoms with Crippen molar-refractivity contribution in [3.8, 4) is 0 Å². The monoisotopic (exact) mass is 329 g/mol. The Labute approximate surface area is 136 Å². The summed E-state index contributed by atoms with van der Waals surface area (Å²) in [6.45, 7) is 0.196. The van der Waals surface area contributed by atoms with Crippen LogP contribution in [0.5, 0.6) is 0 Å². The number of hydrogen-bond donors (Lipinski definition) is 1. The van der Waals surface area contributed by atoms with Gasteiger partial charge in [-0.25, -0.2) is 4.79 Å². The Morgan fingerprint density at radius 2 is 2.09 bits per heavy atom. The lowest BCUT2D eigenvalue weighted by atomic mass is 10.2. The predicted molar refractivity (Wildman–Crippen MR) is 87.2 cm³/mol. The number of fused-ring (bicyclic) bond motifs is 1. The van der Waals surface area contributed by atoms with Gasteiger partial charge in [-0.2, -0.15) is 5.10 Å². The zero-order chi connectivity index (χ0) is 16.2. The first-order valence-electron chi connectivity index (χ1n) is 7.01. The molecule has 1 amide bonds. The second kappa shape index (κ2) is 6.62. The molecule has 23 heavy (non-hydrogen) atoms. The van der Waals surface area contributed by atoms with E-state index in [0.29, 0.717) is 11.9 Å². The summed E-state index contributed by atoms with van der Waals surface area (Å²) in [4.78, 5) is 26.7. The van der Waals surface area contributed by atoms with Crippen molar-refractivity contribution >= 4 is 34.1 Å². The van der Waals surface area contributed by atoms with Gasteiger partial charge in [0.25, 0.3) is 5.91 Å². The molecule has 0 bridgehead atoms. The molecule has 0 atom stereocenters. The Kier molecular flexibility index (Phi) is 4.38. The number of carbonyl (C=O) groups excluding carboxylic acids is 2. The molecule has 0 fully saturated rings. The van der Waals surface area contributed by atoms with Crippen molar-refractivity contribution in [3.63, 3.8) is 0 Å². The van der Waals surface area contributed by atoms with Crippen LogP contribution in [0.25, 0.3) is 10.9 Å². The number of nitrogens with one attached hydrogen (secondary N) is 1. The molecule has 0 radical (unpaired) electrons. The number of aromatic nitrogens is 2. The van der Waals surface area contributed by atoms with Crippen LogP contribution in [-0.4, -0.2) is 40.6 Å². The quantitative estimate of drug-likeness (QED) is 0.730. The Bertz CT molecular complexity index is 826. The van der Waals surface area contributed by atoms with Crippen LogP contribution in [0.3, 0.4) is 0 Å². The van der Waals surface area contributed by atoms with Gasteiger partial charge >= 0.3 is 5.97 Å². The number of benzene rings is 1. The summed E-state index contributed by atoms with van der Waals surface area (Å²) < 4.78 is 5.09. The second-order valence-electron chi connectivity index (χ2n) is 5.02. The van der Waals surface area contributed by atoms with E-state index < -0.39 is 5.97 Å². The number of esters is 1. The van der Waals surface area contributed by atoms with Crippen molar-refractivity contribution in [1.29, 1.82) is 0 Å². The van der Waals surface area contributed by atoms with Crippen molar-refractivity contribution in [2.75, 3.05) is 13.7 Å². The normalized spacial score (nSPS) is 10.7. The van der Waals surface area contributed by atoms with Gasteiger partial charge in [0.1, 0.15) is 0 Å². The Hall–Kier alpha value is -2.67. The maximum absolute atomic E-state index is 12.1. The molecule has 1 N–H and O–H groups in total. The van der Waals surface area contributed by atoms with Gasteiger partial charge in [0, 0.05) is 17.3 Å². The number of aromatic amines is 1. The SMILES string of the molecule is CN(Cc1cccs1)C(=O)COC(=O)c1n[nH]c2ccccc12. The fourth-order valence-corrected chi connectivity index (χ4v) is 2.91. The second-order valence-corrected chi connectivity index (χ2v) is 6.06. The van der Waals surface area contributed by atoms with Gasteiger partial charge < -0.3 is 9.64 Å². The maximum Gasteiger partial charge on any atom is 0.359 e. The summed E-state index contributed by atoms with van der Waals surface area (Å²) in [5.41, 5.74) is 0.940. The highest BCUT2D eigenvalue weighted by Crippen LogP contribution is 2.16. The Morgan fingerprint density at radius 3 is 2.87 bits per heavy atom. The molecular weight excluding hydrogens is 314 g/mol. The predicted octanol–water partition coefficient (Wildman–Crippen LogP) is 2.44. The third kappa shape index (κ3) is 3.40. The minimum Gasteiger partial charge on any atom is -0.451 e. The molecule has 2 aromatic heterocycles. The molecule has 0 saturated heterocycles. The lowest BCUT2D eigenvalue weighted by molar-refractivity contribution is -0.133. The molecule has 118 valence electrons. The molecule has 0 unspecified atom stereocenters. The topological polar surface area (TPSA) is 75.3 Å². The number of carbonyl (C=O) groups is 2. The van der Waals surface area contributed by atoms with E-state index in [-0.39, 0.29) is 18.2 Å². The third-order valence-corrected chi connectivity index (χ3v) is 4.25. The maximum atomic E-state index is 12.1. The van der Waals surface area contributed by atoms with E-state index in [1.54, 1.807) is 24.5 Å². The molecule has 2 heterocycles. The van der Waals surface area contributed by atoms with E-state index >= 15 is 0 Å². The van der Waals surface area contributed by atoms with E-state index in [4.69, 9.17) is 4.74 Å². The van der Waals surface area contributed by atoms with Crippen molar-refractivity contribution in [2.45, 2.75) is 6.54 Å². The van der Waals surface area contributed by atoms with Crippen LogP contribution >= 0.6 is 11.3 Å². The van der Waals surface area contributed by atoms with Crippen LogP contribution < -0.4 is 0 Å². The summed E-state index contributed by atoms with van der Waals surface area (Å²) in [7, 11) is 1.68. The fraction of sp³-hybridized carbons (Fsp3) is 0.188. The van der Waals surface area contributed by atoms with E-state index in [1.165, 1.54) is 4.90 Å². The molecule has 0 aliphatic carbocycles. The van der Waals surface area contributed by atoms with Crippen molar-refractivity contribution in [2.24, 2.45) is 0 Å². The number of ether oxygens (including phenoxy) is 1. The number of rotatable bonds is 5. The molecule has 0 aliphatic rings. The summed E-state index contributed by atoms with van der Waals surface area (Å²) >= 11 is 1.58. The number of likely N-dealkylation sites (N-methyl/N-ethyl adjacent to an activating group) is 1. The average Bonchev–Trinajstić information content (AvgIpc) is 3.21. The van der Waals surface area contributed by atoms with Gasteiger partial charge in [-0.15, -0.1) is 11.3 Å². The molecule has 1 aromatic carbocycles. The molecule has 3 rings (SSSR count). The number of nitrogens with zero attached hydrogens (tertiary/aromatic N) is 2. The van der Waals surface area contributed by atoms with Gasteiger partial charge in [-0.1, -0.05) is 24.3 Å². The van der Waals surface area contributed by atoms with Gasteiger partial charge in [0.15, 0.2) is 12.3 Å². The molecule has 3 aromatic rings. The van der Waals surface area contributed by atoms with Crippen LogP contribution in [0.15, 0.2) is 41.8 Å². The number of hydrogen-bond acceptors (Lipinski definition) is 5. The Balaban J connectivity index is 1.59. The van der Waals surface area contributed by atoms with Crippen LogP contribution in [0, 0.1) is 0 Å². The van der Waals surface area contributed by atoms with E-state index in [9.17, 15) is 9.59 Å². The smallest absolute Gasteiger partial charge is 0.359 e. The minimum atomic E-state index is -0.611. The lowest BCUT2D eigenvalue weighted by Gasteiger charge is -2.15. The number of para-hydroxylation sites is 1. The minimum absolute atomic E-state index is 0.189. The van der Waals surface area contributed by atoms with Gasteiger partial charge in [0.2, 0.25) is 0 Å². The molecule has 0 aliphatic heterocycles. The highest BCUT2D eigenvalue weighted by molar-refractivity contribution is 7.09. The molecule has 0 saturated carbocycles. The van der Waals surface area contributed by atoms with Crippen molar-refractivity contribution < 1.29 is 14.3 Å². The van der Waals surface area contributed by atoms with E-state index in [2.05, 4.69) is 10.2 Å². The molecule has 0 spiro atoms. The van der Waals surface area contributed by atoms with Crippen molar-refractivity contribution in [3.05, 3.63) is 52.3 Å².